The molecule has 0 radical (unpaired) electrons. The SMILES string of the molecule is CCC(CC)CNCc1c(Cl)c(C)nn1C. The molecule has 1 aromatic heterocycles. The molecule has 1 heterocycles. The molecule has 0 bridgehead atoms. The van der Waals surface area contributed by atoms with Crippen LogP contribution in [0.15, 0.2) is 0 Å². The summed E-state index contributed by atoms with van der Waals surface area (Å²) in [5, 5.41) is 8.54. The summed E-state index contributed by atoms with van der Waals surface area (Å²) in [6.45, 7) is 8.25. The van der Waals surface area contributed by atoms with E-state index >= 15 is 0 Å². The Labute approximate surface area is 103 Å². The molecule has 0 aliphatic heterocycles. The Balaban J connectivity index is 2.48. The lowest BCUT2D eigenvalue weighted by Gasteiger charge is -2.13. The average molecular weight is 244 g/mol. The Kier molecular flexibility index (Phi) is 5.29. The van der Waals surface area contributed by atoms with Gasteiger partial charge in [-0.25, -0.2) is 0 Å². The van der Waals surface area contributed by atoms with E-state index in [0.29, 0.717) is 0 Å². The van der Waals surface area contributed by atoms with Crippen LogP contribution < -0.4 is 5.32 Å². The zero-order valence-corrected chi connectivity index (χ0v) is 11.4. The van der Waals surface area contributed by atoms with Crippen LogP contribution in [0.4, 0.5) is 0 Å². The van der Waals surface area contributed by atoms with E-state index < -0.39 is 0 Å². The molecular formula is C12H22ClN3. The summed E-state index contributed by atoms with van der Waals surface area (Å²) in [5.41, 5.74) is 1.98. The zero-order chi connectivity index (χ0) is 12.1. The first-order chi connectivity index (χ1) is 7.60. The van der Waals surface area contributed by atoms with Gasteiger partial charge in [-0.1, -0.05) is 38.3 Å². The lowest BCUT2D eigenvalue weighted by atomic mass is 10.0. The average Bonchev–Trinajstić information content (AvgIpc) is 2.50. The molecule has 0 unspecified atom stereocenters. The molecule has 1 N–H and O–H groups in total. The number of hydrogen-bond acceptors (Lipinski definition) is 2. The number of aryl methyl sites for hydroxylation is 2. The largest absolute Gasteiger partial charge is 0.311 e. The van der Waals surface area contributed by atoms with Gasteiger partial charge in [-0.3, -0.25) is 4.68 Å². The molecule has 1 rings (SSSR count). The molecule has 16 heavy (non-hydrogen) atoms. The summed E-state index contributed by atoms with van der Waals surface area (Å²) in [6, 6.07) is 0. The summed E-state index contributed by atoms with van der Waals surface area (Å²) in [6.07, 6.45) is 2.45. The van der Waals surface area contributed by atoms with Crippen LogP contribution in [0.25, 0.3) is 0 Å². The van der Waals surface area contributed by atoms with Gasteiger partial charge in [-0.2, -0.15) is 5.10 Å². The van der Waals surface area contributed by atoms with Crippen molar-refractivity contribution in [1.29, 1.82) is 0 Å². The van der Waals surface area contributed by atoms with E-state index in [1.807, 2.05) is 18.7 Å². The highest BCUT2D eigenvalue weighted by molar-refractivity contribution is 6.31. The van der Waals surface area contributed by atoms with Crippen LogP contribution in [0, 0.1) is 12.8 Å². The van der Waals surface area contributed by atoms with E-state index in [1.54, 1.807) is 0 Å². The lowest BCUT2D eigenvalue weighted by molar-refractivity contribution is 0.444. The maximum atomic E-state index is 6.17. The van der Waals surface area contributed by atoms with Crippen LogP contribution in [-0.4, -0.2) is 16.3 Å². The van der Waals surface area contributed by atoms with E-state index in [1.165, 1.54) is 12.8 Å². The fourth-order valence-corrected chi connectivity index (χ4v) is 2.07. The number of halogens is 1. The Morgan fingerprint density at radius 1 is 1.38 bits per heavy atom. The van der Waals surface area contributed by atoms with Gasteiger partial charge in [0.15, 0.2) is 0 Å². The molecule has 1 aromatic rings. The fourth-order valence-electron chi connectivity index (χ4n) is 1.84. The molecule has 0 saturated heterocycles. The number of hydrogen-bond donors (Lipinski definition) is 1. The highest BCUT2D eigenvalue weighted by Crippen LogP contribution is 2.19. The molecule has 92 valence electrons. The smallest absolute Gasteiger partial charge is 0.0860 e. The molecule has 0 aromatic carbocycles. The summed E-state index contributed by atoms with van der Waals surface area (Å²) >= 11 is 6.17. The minimum atomic E-state index is 0.757. The molecule has 0 spiro atoms. The monoisotopic (exact) mass is 243 g/mol. The second-order valence-corrected chi connectivity index (χ2v) is 4.66. The summed E-state index contributed by atoms with van der Waals surface area (Å²) < 4.78 is 1.86. The Hall–Kier alpha value is -0.540. The van der Waals surface area contributed by atoms with Gasteiger partial charge < -0.3 is 5.32 Å². The van der Waals surface area contributed by atoms with Crippen molar-refractivity contribution < 1.29 is 0 Å². The van der Waals surface area contributed by atoms with Gasteiger partial charge in [-0.05, 0) is 19.4 Å². The zero-order valence-electron chi connectivity index (χ0n) is 10.7. The summed E-state index contributed by atoms with van der Waals surface area (Å²) in [4.78, 5) is 0. The summed E-state index contributed by atoms with van der Waals surface area (Å²) in [5.74, 6) is 0.757. The van der Waals surface area contributed by atoms with Crippen molar-refractivity contribution in [3.05, 3.63) is 16.4 Å². The second-order valence-electron chi connectivity index (χ2n) is 4.28. The van der Waals surface area contributed by atoms with Crippen molar-refractivity contribution in [2.24, 2.45) is 13.0 Å². The minimum absolute atomic E-state index is 0.757. The normalized spacial score (nSPS) is 11.4. The van der Waals surface area contributed by atoms with E-state index in [4.69, 9.17) is 11.6 Å². The van der Waals surface area contributed by atoms with Gasteiger partial charge in [0, 0.05) is 13.6 Å². The van der Waals surface area contributed by atoms with Crippen molar-refractivity contribution in [3.63, 3.8) is 0 Å². The number of rotatable bonds is 6. The quantitative estimate of drug-likeness (QED) is 0.833. The Morgan fingerprint density at radius 3 is 2.44 bits per heavy atom. The first-order valence-corrected chi connectivity index (χ1v) is 6.36. The number of nitrogens with one attached hydrogen (secondary N) is 1. The maximum Gasteiger partial charge on any atom is 0.0860 e. The first kappa shape index (κ1) is 13.5. The van der Waals surface area contributed by atoms with Crippen LogP contribution in [0.2, 0.25) is 5.02 Å². The van der Waals surface area contributed by atoms with Crippen molar-refractivity contribution in [2.75, 3.05) is 6.54 Å². The maximum absolute atomic E-state index is 6.17. The topological polar surface area (TPSA) is 29.9 Å². The molecule has 0 saturated carbocycles. The Morgan fingerprint density at radius 2 is 2.00 bits per heavy atom. The standard InChI is InChI=1S/C12H22ClN3/c1-5-10(6-2)7-14-8-11-12(13)9(3)15-16(11)4/h10,14H,5-8H2,1-4H3. The molecule has 3 nitrogen and oxygen atoms in total. The van der Waals surface area contributed by atoms with Crippen LogP contribution in [0.5, 0.6) is 0 Å². The van der Waals surface area contributed by atoms with Crippen molar-refractivity contribution in [2.45, 2.75) is 40.2 Å². The Bertz CT molecular complexity index is 329. The fraction of sp³-hybridized carbons (Fsp3) is 0.750. The highest BCUT2D eigenvalue weighted by Gasteiger charge is 2.11. The van der Waals surface area contributed by atoms with Gasteiger partial charge in [0.1, 0.15) is 0 Å². The molecule has 0 fully saturated rings. The summed E-state index contributed by atoms with van der Waals surface area (Å²) in [7, 11) is 1.94. The molecule has 0 aliphatic carbocycles. The third kappa shape index (κ3) is 3.22. The van der Waals surface area contributed by atoms with Gasteiger partial charge >= 0.3 is 0 Å². The highest BCUT2D eigenvalue weighted by atomic mass is 35.5. The van der Waals surface area contributed by atoms with Gasteiger partial charge in [-0.15, -0.1) is 0 Å². The first-order valence-electron chi connectivity index (χ1n) is 5.98. The minimum Gasteiger partial charge on any atom is -0.311 e. The predicted molar refractivity (Wildman–Crippen MR) is 68.7 cm³/mol. The van der Waals surface area contributed by atoms with Gasteiger partial charge in [0.2, 0.25) is 0 Å². The van der Waals surface area contributed by atoms with Crippen LogP contribution >= 0.6 is 11.6 Å². The third-order valence-electron chi connectivity index (χ3n) is 3.14. The van der Waals surface area contributed by atoms with E-state index in [0.717, 1.165) is 35.4 Å². The molecule has 0 aliphatic rings. The van der Waals surface area contributed by atoms with Gasteiger partial charge in [0.25, 0.3) is 0 Å². The van der Waals surface area contributed by atoms with Crippen molar-refractivity contribution >= 4 is 11.6 Å². The third-order valence-corrected chi connectivity index (χ3v) is 3.63. The second kappa shape index (κ2) is 6.26. The molecule has 0 amide bonds. The van der Waals surface area contributed by atoms with E-state index in [-0.39, 0.29) is 0 Å². The molecular weight excluding hydrogens is 222 g/mol. The predicted octanol–water partition coefficient (Wildman–Crippen LogP) is 2.91. The number of aromatic nitrogens is 2. The lowest BCUT2D eigenvalue weighted by Crippen LogP contribution is -2.23. The van der Waals surface area contributed by atoms with Crippen LogP contribution in [0.3, 0.4) is 0 Å². The van der Waals surface area contributed by atoms with E-state index in [9.17, 15) is 0 Å². The molecule has 4 heteroatoms. The van der Waals surface area contributed by atoms with Crippen LogP contribution in [-0.2, 0) is 13.6 Å². The number of nitrogens with zero attached hydrogens (tertiary/aromatic N) is 2. The molecule has 0 atom stereocenters. The van der Waals surface area contributed by atoms with E-state index in [2.05, 4.69) is 24.3 Å². The van der Waals surface area contributed by atoms with Crippen molar-refractivity contribution in [1.82, 2.24) is 15.1 Å². The van der Waals surface area contributed by atoms with Gasteiger partial charge in [0.05, 0.1) is 16.4 Å². The van der Waals surface area contributed by atoms with Crippen LogP contribution in [0.1, 0.15) is 38.1 Å². The van der Waals surface area contributed by atoms with Crippen molar-refractivity contribution in [3.8, 4) is 0 Å².